The molecule has 1 heterocycles. The Morgan fingerprint density at radius 3 is 2.54 bits per heavy atom. The number of aryl methyl sites for hydroxylation is 1. The number of carboxylic acid groups (broad SMARTS) is 1. The van der Waals surface area contributed by atoms with Crippen LogP contribution >= 0.6 is 11.3 Å². The van der Waals surface area contributed by atoms with Gasteiger partial charge in [0.2, 0.25) is 0 Å². The molecule has 0 radical (unpaired) electrons. The van der Waals surface area contributed by atoms with Crippen molar-refractivity contribution in [3.8, 4) is 16.6 Å². The van der Waals surface area contributed by atoms with Gasteiger partial charge in [0.15, 0.2) is 0 Å². The van der Waals surface area contributed by atoms with Crippen molar-refractivity contribution in [3.05, 3.63) is 58.1 Å². The van der Waals surface area contributed by atoms with Crippen molar-refractivity contribution in [2.75, 3.05) is 0 Å². The van der Waals surface area contributed by atoms with Crippen molar-refractivity contribution >= 4 is 22.9 Å². The van der Waals surface area contributed by atoms with Gasteiger partial charge in [-0.05, 0) is 31.1 Å². The third-order valence-corrected chi connectivity index (χ3v) is 4.90. The number of alkyl halides is 3. The largest absolute Gasteiger partial charge is 0.477 e. The van der Waals surface area contributed by atoms with Crippen LogP contribution in [0.4, 0.5) is 13.2 Å². The van der Waals surface area contributed by atoms with E-state index in [9.17, 15) is 23.2 Å². The van der Waals surface area contributed by atoms with Gasteiger partial charge in [-0.25, -0.2) is 9.78 Å². The minimum Gasteiger partial charge on any atom is -0.477 e. The molecule has 0 saturated carbocycles. The maximum Gasteiger partial charge on any atom is 0.413 e. The van der Waals surface area contributed by atoms with E-state index in [0.717, 1.165) is 24.3 Å². The second-order valence-corrected chi connectivity index (χ2v) is 6.35. The summed E-state index contributed by atoms with van der Waals surface area (Å²) >= 11 is 0.938. The Balaban J connectivity index is 2.62. The van der Waals surface area contributed by atoms with E-state index in [1.165, 1.54) is 18.2 Å². The lowest BCUT2D eigenvalue weighted by Crippen LogP contribution is -2.11. The maximum atomic E-state index is 13.0. The molecule has 0 bridgehead atoms. The first-order valence-electron chi connectivity index (χ1n) is 7.26. The van der Waals surface area contributed by atoms with Gasteiger partial charge in [-0.15, -0.1) is 11.3 Å². The predicted octanol–water partition coefficient (Wildman–Crippen LogP) is 5.21. The zero-order valence-corrected chi connectivity index (χ0v) is 14.6. The van der Waals surface area contributed by atoms with Crippen molar-refractivity contribution in [1.29, 1.82) is 5.26 Å². The van der Waals surface area contributed by atoms with Gasteiger partial charge in [0, 0.05) is 11.1 Å². The standard InChI is InChI=1S/C18H13F3N2O2S/c1-4-13(9(2)18(19,20)21)14-6-5-11(7-12(14)8-22)16-23-10(3)15(26-16)17(24)25/h4-7H,1H2,2-3H3,(H,24,25). The number of carbonyl (C=O) groups is 1. The molecule has 8 heteroatoms. The average molecular weight is 378 g/mol. The number of rotatable bonds is 4. The van der Waals surface area contributed by atoms with E-state index in [4.69, 9.17) is 5.11 Å². The van der Waals surface area contributed by atoms with E-state index < -0.39 is 17.7 Å². The highest BCUT2D eigenvalue weighted by molar-refractivity contribution is 7.17. The zero-order valence-electron chi connectivity index (χ0n) is 13.8. The Morgan fingerprint density at radius 1 is 1.42 bits per heavy atom. The smallest absolute Gasteiger partial charge is 0.413 e. The third-order valence-electron chi connectivity index (χ3n) is 3.70. The molecule has 0 amide bonds. The number of aromatic nitrogens is 1. The fourth-order valence-corrected chi connectivity index (χ4v) is 3.24. The molecule has 0 aliphatic carbocycles. The predicted molar refractivity (Wildman–Crippen MR) is 92.8 cm³/mol. The first-order valence-corrected chi connectivity index (χ1v) is 8.08. The SMILES string of the molecule is C=CC(=C(C)C(F)(F)F)c1ccc(-c2nc(C)c(C(=O)O)s2)cc1C#N. The summed E-state index contributed by atoms with van der Waals surface area (Å²) in [5.74, 6) is -1.11. The number of halogens is 3. The van der Waals surface area contributed by atoms with Gasteiger partial charge in [0.25, 0.3) is 0 Å². The van der Waals surface area contributed by atoms with Gasteiger partial charge in [0.05, 0.1) is 17.3 Å². The first kappa shape index (κ1) is 19.4. The molecule has 0 atom stereocenters. The Labute approximate surface area is 151 Å². The molecule has 0 aliphatic rings. The maximum absolute atomic E-state index is 13.0. The van der Waals surface area contributed by atoms with Crippen molar-refractivity contribution in [2.24, 2.45) is 0 Å². The lowest BCUT2D eigenvalue weighted by Gasteiger charge is -2.14. The first-order chi connectivity index (χ1) is 12.1. The van der Waals surface area contributed by atoms with Crippen LogP contribution in [0.15, 0.2) is 36.4 Å². The molecular weight excluding hydrogens is 365 g/mol. The van der Waals surface area contributed by atoms with Crippen LogP contribution in [0.1, 0.15) is 33.4 Å². The number of thiazole rings is 1. The fourth-order valence-electron chi connectivity index (χ4n) is 2.34. The van der Waals surface area contributed by atoms with Crippen LogP contribution in [0.25, 0.3) is 16.1 Å². The molecule has 26 heavy (non-hydrogen) atoms. The van der Waals surface area contributed by atoms with Crippen LogP contribution in [-0.2, 0) is 0 Å². The number of nitrogens with zero attached hydrogens (tertiary/aromatic N) is 2. The monoisotopic (exact) mass is 378 g/mol. The van der Waals surface area contributed by atoms with Crippen LogP contribution in [0, 0.1) is 18.3 Å². The van der Waals surface area contributed by atoms with E-state index in [0.29, 0.717) is 16.3 Å². The molecule has 4 nitrogen and oxygen atoms in total. The second-order valence-electron chi connectivity index (χ2n) is 5.35. The van der Waals surface area contributed by atoms with E-state index >= 15 is 0 Å². The average Bonchev–Trinajstić information content (AvgIpc) is 2.96. The lowest BCUT2D eigenvalue weighted by atomic mass is 9.94. The van der Waals surface area contributed by atoms with Gasteiger partial charge in [-0.2, -0.15) is 18.4 Å². The quantitative estimate of drug-likeness (QED) is 0.741. The summed E-state index contributed by atoms with van der Waals surface area (Å²) in [7, 11) is 0. The molecule has 1 aromatic carbocycles. The van der Waals surface area contributed by atoms with E-state index in [1.807, 2.05) is 6.07 Å². The van der Waals surface area contributed by atoms with E-state index in [2.05, 4.69) is 11.6 Å². The van der Waals surface area contributed by atoms with Gasteiger partial charge < -0.3 is 5.11 Å². The lowest BCUT2D eigenvalue weighted by molar-refractivity contribution is -0.0906. The molecule has 1 N–H and O–H groups in total. The van der Waals surface area contributed by atoms with Crippen LogP contribution in [-0.4, -0.2) is 22.2 Å². The number of nitriles is 1. The van der Waals surface area contributed by atoms with Crippen LogP contribution in [0.2, 0.25) is 0 Å². The second kappa shape index (κ2) is 7.14. The molecule has 0 unspecified atom stereocenters. The highest BCUT2D eigenvalue weighted by Crippen LogP contribution is 2.36. The van der Waals surface area contributed by atoms with Gasteiger partial charge in [0.1, 0.15) is 9.88 Å². The number of aromatic carboxylic acids is 1. The summed E-state index contributed by atoms with van der Waals surface area (Å²) in [6.45, 7) is 5.90. The molecule has 0 aliphatic heterocycles. The van der Waals surface area contributed by atoms with Crippen LogP contribution in [0.5, 0.6) is 0 Å². The molecule has 1 aromatic heterocycles. The normalized spacial score (nSPS) is 12.3. The van der Waals surface area contributed by atoms with Crippen LogP contribution < -0.4 is 0 Å². The van der Waals surface area contributed by atoms with Gasteiger partial charge >= 0.3 is 12.1 Å². The molecule has 2 aromatic rings. The Hall–Kier alpha value is -2.92. The molecule has 0 saturated heterocycles. The van der Waals surface area contributed by atoms with Crippen molar-refractivity contribution in [3.63, 3.8) is 0 Å². The summed E-state index contributed by atoms with van der Waals surface area (Å²) in [5.41, 5.74) is -0.116. The number of hydrogen-bond acceptors (Lipinski definition) is 4. The molecule has 2 rings (SSSR count). The Kier molecular flexibility index (Phi) is 5.33. The minimum atomic E-state index is -4.54. The number of hydrogen-bond donors (Lipinski definition) is 1. The molecule has 0 spiro atoms. The summed E-state index contributed by atoms with van der Waals surface area (Å²) in [6, 6.07) is 6.17. The molecule has 134 valence electrons. The topological polar surface area (TPSA) is 74.0 Å². The van der Waals surface area contributed by atoms with Crippen molar-refractivity contribution in [2.45, 2.75) is 20.0 Å². The van der Waals surface area contributed by atoms with Crippen molar-refractivity contribution in [1.82, 2.24) is 4.98 Å². The number of allylic oxidation sites excluding steroid dienone is 3. The summed E-state index contributed by atoms with van der Waals surface area (Å²) in [5, 5.41) is 18.8. The summed E-state index contributed by atoms with van der Waals surface area (Å²) < 4.78 is 39.1. The van der Waals surface area contributed by atoms with E-state index in [1.54, 1.807) is 6.92 Å². The fraction of sp³-hybridized carbons (Fsp3) is 0.167. The highest BCUT2D eigenvalue weighted by Gasteiger charge is 2.33. The van der Waals surface area contributed by atoms with Gasteiger partial charge in [-0.3, -0.25) is 0 Å². The summed E-state index contributed by atoms with van der Waals surface area (Å²) in [4.78, 5) is 15.4. The zero-order chi connectivity index (χ0) is 19.6. The van der Waals surface area contributed by atoms with Crippen molar-refractivity contribution < 1.29 is 23.1 Å². The summed E-state index contributed by atoms with van der Waals surface area (Å²) in [6.07, 6.45) is -3.48. The van der Waals surface area contributed by atoms with Gasteiger partial charge in [-0.1, -0.05) is 24.8 Å². The number of carboxylic acids is 1. The number of benzene rings is 1. The van der Waals surface area contributed by atoms with Crippen LogP contribution in [0.3, 0.4) is 0 Å². The van der Waals surface area contributed by atoms with E-state index in [-0.39, 0.29) is 21.6 Å². The third kappa shape index (κ3) is 3.68. The Bertz CT molecular complexity index is 966. The molecular formula is C18H13F3N2O2S. The molecule has 0 fully saturated rings. The highest BCUT2D eigenvalue weighted by atomic mass is 32.1. The minimum absolute atomic E-state index is 0.0192. The Morgan fingerprint density at radius 2 is 2.08 bits per heavy atom.